The standard InChI is InChI=1S/C12H16ClN3O3/c1-12(11(18)19-3)4-5-16(7-12)8-6-14-15(2)10(17)9(8)13/h6H,4-5,7H2,1-3H3. The van der Waals surface area contributed by atoms with Crippen LogP contribution in [0, 0.1) is 5.41 Å². The Morgan fingerprint density at radius 2 is 2.26 bits per heavy atom. The fraction of sp³-hybridized carbons (Fsp3) is 0.583. The fourth-order valence-corrected chi connectivity index (χ4v) is 2.59. The van der Waals surface area contributed by atoms with E-state index in [4.69, 9.17) is 16.3 Å². The Hall–Kier alpha value is -1.56. The Kier molecular flexibility index (Phi) is 3.54. The molecular formula is C12H16ClN3O3. The van der Waals surface area contributed by atoms with Gasteiger partial charge in [-0.15, -0.1) is 0 Å². The number of nitrogens with zero attached hydrogens (tertiary/aromatic N) is 3. The van der Waals surface area contributed by atoms with Crippen LogP contribution in [0.25, 0.3) is 0 Å². The fourth-order valence-electron chi connectivity index (χ4n) is 2.30. The Bertz CT molecular complexity index is 572. The minimum atomic E-state index is -0.570. The molecule has 2 rings (SSSR count). The number of carbonyl (C=O) groups excluding carboxylic acids is 1. The van der Waals surface area contributed by atoms with E-state index in [1.54, 1.807) is 13.2 Å². The van der Waals surface area contributed by atoms with Crippen molar-refractivity contribution < 1.29 is 9.53 Å². The summed E-state index contributed by atoms with van der Waals surface area (Å²) in [6.45, 7) is 2.95. The molecule has 0 N–H and O–H groups in total. The van der Waals surface area contributed by atoms with E-state index in [1.807, 2.05) is 11.8 Å². The highest BCUT2D eigenvalue weighted by Crippen LogP contribution is 2.35. The molecule has 1 aliphatic heterocycles. The first kappa shape index (κ1) is 13.9. The van der Waals surface area contributed by atoms with Crippen molar-refractivity contribution >= 4 is 23.3 Å². The second-order valence-corrected chi connectivity index (χ2v) is 5.37. The Labute approximate surface area is 115 Å². The van der Waals surface area contributed by atoms with Gasteiger partial charge in [0, 0.05) is 20.1 Å². The molecule has 1 saturated heterocycles. The summed E-state index contributed by atoms with van der Waals surface area (Å²) in [5.41, 5.74) is -0.345. The van der Waals surface area contributed by atoms with Crippen molar-refractivity contribution in [1.82, 2.24) is 9.78 Å². The van der Waals surface area contributed by atoms with E-state index in [0.717, 1.165) is 0 Å². The van der Waals surface area contributed by atoms with Gasteiger partial charge in [-0.1, -0.05) is 11.6 Å². The number of methoxy groups -OCH3 is 1. The van der Waals surface area contributed by atoms with Gasteiger partial charge in [0.15, 0.2) is 0 Å². The second kappa shape index (κ2) is 4.85. The van der Waals surface area contributed by atoms with Crippen LogP contribution in [-0.4, -0.2) is 35.9 Å². The second-order valence-electron chi connectivity index (χ2n) is 5.00. The average Bonchev–Trinajstić information content (AvgIpc) is 2.79. The first-order chi connectivity index (χ1) is 8.89. The molecule has 7 heteroatoms. The number of anilines is 1. The molecule has 1 fully saturated rings. The zero-order valence-corrected chi connectivity index (χ0v) is 11.9. The van der Waals surface area contributed by atoms with E-state index in [1.165, 1.54) is 11.8 Å². The summed E-state index contributed by atoms with van der Waals surface area (Å²) < 4.78 is 6.00. The van der Waals surface area contributed by atoms with Gasteiger partial charge in [-0.3, -0.25) is 9.59 Å². The molecule has 0 saturated carbocycles. The minimum absolute atomic E-state index is 0.131. The third-order valence-corrected chi connectivity index (χ3v) is 3.91. The quantitative estimate of drug-likeness (QED) is 0.753. The molecule has 0 aromatic carbocycles. The Morgan fingerprint density at radius 3 is 2.89 bits per heavy atom. The lowest BCUT2D eigenvalue weighted by Gasteiger charge is -2.23. The molecule has 0 amide bonds. The van der Waals surface area contributed by atoms with Crippen LogP contribution in [-0.2, 0) is 16.6 Å². The Balaban J connectivity index is 2.30. The minimum Gasteiger partial charge on any atom is -0.469 e. The largest absolute Gasteiger partial charge is 0.469 e. The number of halogens is 1. The molecule has 1 aromatic heterocycles. The maximum Gasteiger partial charge on any atom is 0.313 e. The molecule has 1 unspecified atom stereocenters. The highest BCUT2D eigenvalue weighted by atomic mass is 35.5. The summed E-state index contributed by atoms with van der Waals surface area (Å²) in [5.74, 6) is -0.247. The van der Waals surface area contributed by atoms with Crippen molar-refractivity contribution in [2.45, 2.75) is 13.3 Å². The smallest absolute Gasteiger partial charge is 0.313 e. The molecule has 19 heavy (non-hydrogen) atoms. The number of esters is 1. The zero-order valence-electron chi connectivity index (χ0n) is 11.1. The average molecular weight is 286 g/mol. The number of hydrogen-bond acceptors (Lipinski definition) is 5. The number of aromatic nitrogens is 2. The molecule has 0 spiro atoms. The van der Waals surface area contributed by atoms with E-state index in [2.05, 4.69) is 5.10 Å². The number of aryl methyl sites for hydroxylation is 1. The predicted molar refractivity (Wildman–Crippen MR) is 71.4 cm³/mol. The summed E-state index contributed by atoms with van der Waals surface area (Å²) in [7, 11) is 2.92. The summed E-state index contributed by atoms with van der Waals surface area (Å²) in [6.07, 6.45) is 2.21. The van der Waals surface area contributed by atoms with Gasteiger partial charge in [0.1, 0.15) is 5.02 Å². The SMILES string of the molecule is COC(=O)C1(C)CCN(c2cnn(C)c(=O)c2Cl)C1. The van der Waals surface area contributed by atoms with Gasteiger partial charge in [-0.2, -0.15) is 5.10 Å². The van der Waals surface area contributed by atoms with Crippen LogP contribution in [0.5, 0.6) is 0 Å². The highest BCUT2D eigenvalue weighted by Gasteiger charge is 2.42. The first-order valence-electron chi connectivity index (χ1n) is 5.94. The van der Waals surface area contributed by atoms with Crippen molar-refractivity contribution in [3.63, 3.8) is 0 Å². The molecule has 104 valence electrons. The van der Waals surface area contributed by atoms with Gasteiger partial charge in [0.2, 0.25) is 0 Å². The van der Waals surface area contributed by atoms with Crippen LogP contribution in [0.1, 0.15) is 13.3 Å². The van der Waals surface area contributed by atoms with E-state index in [-0.39, 0.29) is 16.6 Å². The molecule has 1 aliphatic rings. The number of hydrogen-bond donors (Lipinski definition) is 0. The van der Waals surface area contributed by atoms with E-state index in [0.29, 0.717) is 25.2 Å². The third kappa shape index (κ3) is 2.32. The van der Waals surface area contributed by atoms with E-state index >= 15 is 0 Å². The molecule has 1 aromatic rings. The summed E-state index contributed by atoms with van der Waals surface area (Å²) in [6, 6.07) is 0. The summed E-state index contributed by atoms with van der Waals surface area (Å²) >= 11 is 6.05. The maximum absolute atomic E-state index is 11.8. The number of carbonyl (C=O) groups is 1. The maximum atomic E-state index is 11.8. The van der Waals surface area contributed by atoms with Crippen molar-refractivity contribution in [3.05, 3.63) is 21.6 Å². The first-order valence-corrected chi connectivity index (χ1v) is 6.32. The van der Waals surface area contributed by atoms with Crippen LogP contribution in [0.4, 0.5) is 5.69 Å². The third-order valence-electron chi connectivity index (χ3n) is 3.55. The van der Waals surface area contributed by atoms with Crippen molar-refractivity contribution in [2.75, 3.05) is 25.1 Å². The normalized spacial score (nSPS) is 22.6. The highest BCUT2D eigenvalue weighted by molar-refractivity contribution is 6.33. The van der Waals surface area contributed by atoms with Gasteiger partial charge in [-0.05, 0) is 13.3 Å². The number of ether oxygens (including phenoxy) is 1. The van der Waals surface area contributed by atoms with Crippen molar-refractivity contribution in [3.8, 4) is 0 Å². The molecular weight excluding hydrogens is 270 g/mol. The zero-order chi connectivity index (χ0) is 14.2. The lowest BCUT2D eigenvalue weighted by atomic mass is 9.90. The summed E-state index contributed by atoms with van der Waals surface area (Å²) in [5, 5.41) is 4.09. The van der Waals surface area contributed by atoms with Crippen molar-refractivity contribution in [2.24, 2.45) is 12.5 Å². The molecule has 1 atom stereocenters. The predicted octanol–water partition coefficient (Wildman–Crippen LogP) is 0.823. The van der Waals surface area contributed by atoms with Gasteiger partial charge in [0.05, 0.1) is 24.4 Å². The van der Waals surface area contributed by atoms with E-state index < -0.39 is 5.41 Å². The monoisotopic (exact) mass is 285 g/mol. The Morgan fingerprint density at radius 1 is 1.58 bits per heavy atom. The lowest BCUT2D eigenvalue weighted by Crippen LogP contribution is -2.34. The van der Waals surface area contributed by atoms with Gasteiger partial charge in [0.25, 0.3) is 5.56 Å². The van der Waals surface area contributed by atoms with Crippen LogP contribution in [0.2, 0.25) is 5.02 Å². The number of rotatable bonds is 2. The lowest BCUT2D eigenvalue weighted by molar-refractivity contribution is -0.150. The van der Waals surface area contributed by atoms with Crippen LogP contribution in [0.3, 0.4) is 0 Å². The van der Waals surface area contributed by atoms with Crippen LogP contribution >= 0.6 is 11.6 Å². The van der Waals surface area contributed by atoms with Gasteiger partial charge in [-0.25, -0.2) is 4.68 Å². The van der Waals surface area contributed by atoms with E-state index in [9.17, 15) is 9.59 Å². The van der Waals surface area contributed by atoms with Crippen molar-refractivity contribution in [1.29, 1.82) is 0 Å². The topological polar surface area (TPSA) is 64.4 Å². The summed E-state index contributed by atoms with van der Waals surface area (Å²) in [4.78, 5) is 25.4. The molecule has 0 bridgehead atoms. The molecule has 0 aliphatic carbocycles. The molecule has 6 nitrogen and oxygen atoms in total. The molecule has 2 heterocycles. The van der Waals surface area contributed by atoms with Gasteiger partial charge < -0.3 is 9.64 Å². The van der Waals surface area contributed by atoms with Crippen LogP contribution in [0.15, 0.2) is 11.0 Å². The van der Waals surface area contributed by atoms with Gasteiger partial charge >= 0.3 is 5.97 Å². The van der Waals surface area contributed by atoms with Crippen LogP contribution < -0.4 is 10.5 Å². The molecule has 0 radical (unpaired) electrons.